The number of fused-ring (bicyclic) bond motifs is 2. The zero-order chi connectivity index (χ0) is 12.3. The molecule has 1 heterocycles. The van der Waals surface area contributed by atoms with Crippen molar-refractivity contribution >= 4 is 28.6 Å². The molecule has 18 heavy (non-hydrogen) atoms. The van der Waals surface area contributed by atoms with Gasteiger partial charge in [-0.1, -0.05) is 46.9 Å². The van der Waals surface area contributed by atoms with Crippen molar-refractivity contribution in [1.82, 2.24) is 0 Å². The molecule has 2 fully saturated rings. The van der Waals surface area contributed by atoms with Gasteiger partial charge in [-0.2, -0.15) is 0 Å². The molecule has 0 amide bonds. The van der Waals surface area contributed by atoms with Crippen LogP contribution >= 0.6 is 22.6 Å². The van der Waals surface area contributed by atoms with E-state index in [1.165, 1.54) is 11.1 Å². The summed E-state index contributed by atoms with van der Waals surface area (Å²) < 4.78 is 6.17. The number of halogens is 1. The number of aryl methyl sites for hydroxylation is 1. The Morgan fingerprint density at radius 3 is 3.06 bits per heavy atom. The van der Waals surface area contributed by atoms with Gasteiger partial charge in [0.2, 0.25) is 0 Å². The normalized spacial score (nSPS) is 40.9. The molecular weight excluding hydrogens is 339 g/mol. The van der Waals surface area contributed by atoms with Crippen molar-refractivity contribution in [2.24, 2.45) is 5.92 Å². The fourth-order valence-corrected chi connectivity index (χ4v) is 5.17. The Hall–Kier alpha value is -0.580. The third kappa shape index (κ3) is 1.26. The van der Waals surface area contributed by atoms with Gasteiger partial charge in [-0.15, -0.1) is 0 Å². The van der Waals surface area contributed by atoms with E-state index >= 15 is 0 Å². The van der Waals surface area contributed by atoms with Crippen LogP contribution in [0.4, 0.5) is 0 Å². The number of benzene rings is 1. The predicted molar refractivity (Wildman–Crippen MR) is 76.9 cm³/mol. The van der Waals surface area contributed by atoms with E-state index in [2.05, 4.69) is 46.9 Å². The van der Waals surface area contributed by atoms with E-state index in [4.69, 9.17) is 4.74 Å². The molecule has 1 spiro atoms. The summed E-state index contributed by atoms with van der Waals surface area (Å²) in [5.41, 5.74) is 2.32. The summed E-state index contributed by atoms with van der Waals surface area (Å²) >= 11 is 2.46. The van der Waals surface area contributed by atoms with Gasteiger partial charge in [0, 0.05) is 10.3 Å². The number of hydrogen-bond donors (Lipinski definition) is 0. The summed E-state index contributed by atoms with van der Waals surface area (Å²) in [6, 6.07) is 8.47. The highest BCUT2D eigenvalue weighted by Gasteiger charge is 2.61. The minimum atomic E-state index is -0.304. The average Bonchev–Trinajstić information content (AvgIpc) is 2.68. The lowest BCUT2D eigenvalue weighted by molar-refractivity contribution is -0.145. The third-order valence-electron chi connectivity index (χ3n) is 5.02. The van der Waals surface area contributed by atoms with Crippen molar-refractivity contribution in [2.45, 2.75) is 41.1 Å². The van der Waals surface area contributed by atoms with Crippen LogP contribution in [0, 0.1) is 5.92 Å². The van der Waals surface area contributed by atoms with E-state index < -0.39 is 0 Å². The second-order valence-corrected chi connectivity index (χ2v) is 7.36. The molecule has 4 atom stereocenters. The number of carbonyl (C=O) groups is 1. The summed E-state index contributed by atoms with van der Waals surface area (Å²) in [4.78, 5) is 12.5. The molecule has 1 aliphatic heterocycles. The molecule has 1 saturated heterocycles. The molecule has 3 heteroatoms. The van der Waals surface area contributed by atoms with Crippen LogP contribution in [0.5, 0.6) is 0 Å². The number of ether oxygens (including phenoxy) is 1. The maximum absolute atomic E-state index is 12.5. The highest BCUT2D eigenvalue weighted by Crippen LogP contribution is 2.56. The first-order chi connectivity index (χ1) is 8.72. The third-order valence-corrected chi connectivity index (χ3v) is 6.33. The smallest absolute Gasteiger partial charge is 0.317 e. The van der Waals surface area contributed by atoms with E-state index in [9.17, 15) is 4.79 Å². The summed E-state index contributed by atoms with van der Waals surface area (Å²) in [6.45, 7) is 0. The van der Waals surface area contributed by atoms with Crippen molar-refractivity contribution in [2.75, 3.05) is 0 Å². The van der Waals surface area contributed by atoms with Crippen LogP contribution in [0.1, 0.15) is 30.4 Å². The van der Waals surface area contributed by atoms with E-state index in [0.717, 1.165) is 25.7 Å². The van der Waals surface area contributed by atoms with Gasteiger partial charge >= 0.3 is 5.97 Å². The molecule has 4 rings (SSSR count). The van der Waals surface area contributed by atoms with E-state index in [-0.39, 0.29) is 17.5 Å². The van der Waals surface area contributed by atoms with Gasteiger partial charge in [0.15, 0.2) is 0 Å². The number of rotatable bonds is 0. The van der Waals surface area contributed by atoms with Crippen LogP contribution in [0.15, 0.2) is 24.3 Å². The van der Waals surface area contributed by atoms with Gasteiger partial charge in [-0.05, 0) is 36.3 Å². The first-order valence-corrected chi connectivity index (χ1v) is 7.90. The van der Waals surface area contributed by atoms with E-state index in [1.54, 1.807) is 0 Å². The Kier molecular flexibility index (Phi) is 2.32. The standard InChI is InChI=1S/C15H15IO2/c16-12-7-10-6-5-9-3-1-2-4-11(9)15(10)8-13(12)18-14(15)17/h1-4,10,12-13H,5-8H2. The van der Waals surface area contributed by atoms with Crippen LogP contribution in [-0.4, -0.2) is 16.0 Å². The molecule has 3 aliphatic rings. The molecule has 0 radical (unpaired) electrons. The summed E-state index contributed by atoms with van der Waals surface area (Å²) in [7, 11) is 0. The highest BCUT2D eigenvalue weighted by molar-refractivity contribution is 14.1. The van der Waals surface area contributed by atoms with Gasteiger partial charge in [0.25, 0.3) is 0 Å². The Labute approximate surface area is 120 Å². The highest BCUT2D eigenvalue weighted by atomic mass is 127. The number of carbonyl (C=O) groups excluding carboxylic acids is 1. The Bertz CT molecular complexity index is 527. The largest absolute Gasteiger partial charge is 0.461 e. The van der Waals surface area contributed by atoms with Crippen molar-refractivity contribution < 1.29 is 9.53 Å². The van der Waals surface area contributed by atoms with Crippen molar-refractivity contribution in [3.8, 4) is 0 Å². The van der Waals surface area contributed by atoms with Gasteiger partial charge in [-0.3, -0.25) is 4.79 Å². The number of esters is 1. The first kappa shape index (κ1) is 11.3. The Morgan fingerprint density at radius 2 is 2.17 bits per heavy atom. The van der Waals surface area contributed by atoms with E-state index in [0.29, 0.717) is 9.84 Å². The minimum Gasteiger partial charge on any atom is -0.461 e. The summed E-state index contributed by atoms with van der Waals surface area (Å²) in [5.74, 6) is 0.532. The summed E-state index contributed by atoms with van der Waals surface area (Å²) in [5, 5.41) is 0. The van der Waals surface area contributed by atoms with Crippen molar-refractivity contribution in [1.29, 1.82) is 0 Å². The molecule has 94 valence electrons. The quantitative estimate of drug-likeness (QED) is 0.407. The second kappa shape index (κ2) is 3.71. The van der Waals surface area contributed by atoms with Gasteiger partial charge in [0.1, 0.15) is 6.10 Å². The van der Waals surface area contributed by atoms with Gasteiger partial charge < -0.3 is 4.74 Å². The zero-order valence-corrected chi connectivity index (χ0v) is 12.2. The van der Waals surface area contributed by atoms with Gasteiger partial charge in [0.05, 0.1) is 5.41 Å². The number of hydrogen-bond acceptors (Lipinski definition) is 2. The molecule has 1 aromatic rings. The lowest BCUT2D eigenvalue weighted by atomic mass is 9.58. The molecule has 1 saturated carbocycles. The first-order valence-electron chi connectivity index (χ1n) is 6.65. The van der Waals surface area contributed by atoms with Crippen LogP contribution in [0.3, 0.4) is 0 Å². The fourth-order valence-electron chi connectivity index (χ4n) is 4.15. The lowest BCUT2D eigenvalue weighted by Gasteiger charge is -2.43. The molecule has 1 aromatic carbocycles. The average molecular weight is 354 g/mol. The predicted octanol–water partition coefficient (Wildman–Crippen LogP) is 3.01. The van der Waals surface area contributed by atoms with Crippen LogP contribution in [0.2, 0.25) is 0 Å². The van der Waals surface area contributed by atoms with Crippen molar-refractivity contribution in [3.05, 3.63) is 35.4 Å². The molecule has 0 N–H and O–H groups in total. The van der Waals surface area contributed by atoms with Crippen LogP contribution < -0.4 is 0 Å². The topological polar surface area (TPSA) is 26.3 Å². The Morgan fingerprint density at radius 1 is 1.33 bits per heavy atom. The van der Waals surface area contributed by atoms with Gasteiger partial charge in [-0.25, -0.2) is 0 Å². The van der Waals surface area contributed by atoms with Crippen molar-refractivity contribution in [3.63, 3.8) is 0 Å². The molecule has 0 aromatic heterocycles. The monoisotopic (exact) mass is 354 g/mol. The fraction of sp³-hybridized carbons (Fsp3) is 0.533. The van der Waals surface area contributed by atoms with Crippen LogP contribution in [0.25, 0.3) is 0 Å². The molecule has 4 unspecified atom stereocenters. The minimum absolute atomic E-state index is 0.0452. The SMILES string of the molecule is O=C1OC2CC13c1ccccc1CCC3CC2I. The molecule has 2 nitrogen and oxygen atoms in total. The lowest BCUT2D eigenvalue weighted by Crippen LogP contribution is -2.47. The van der Waals surface area contributed by atoms with Crippen LogP contribution in [-0.2, 0) is 21.4 Å². The summed E-state index contributed by atoms with van der Waals surface area (Å²) in [6.07, 6.45) is 4.43. The van der Waals surface area contributed by atoms with E-state index in [1.807, 2.05) is 0 Å². The molecule has 2 bridgehead atoms. The zero-order valence-electron chi connectivity index (χ0n) is 10.1. The maximum Gasteiger partial charge on any atom is 0.317 e. The second-order valence-electron chi connectivity index (χ2n) is 5.76. The number of alkyl halides is 1. The molecular formula is C15H15IO2. The molecule has 2 aliphatic carbocycles. The maximum atomic E-state index is 12.5. The Balaban J connectivity index is 1.92.